The first-order valence-corrected chi connectivity index (χ1v) is 7.47. The maximum absolute atomic E-state index is 13.7. The van der Waals surface area contributed by atoms with Crippen molar-refractivity contribution in [3.05, 3.63) is 64.6 Å². The number of aromatic nitrogens is 1. The first-order chi connectivity index (χ1) is 10.5. The van der Waals surface area contributed by atoms with Gasteiger partial charge in [-0.2, -0.15) is 0 Å². The van der Waals surface area contributed by atoms with E-state index in [1.165, 1.54) is 6.07 Å². The van der Waals surface area contributed by atoms with Gasteiger partial charge in [-0.15, -0.1) is 0 Å². The van der Waals surface area contributed by atoms with E-state index in [0.29, 0.717) is 10.5 Å². The molecule has 112 valence electrons. The molecule has 1 aromatic heterocycles. The van der Waals surface area contributed by atoms with Crippen molar-refractivity contribution in [3.63, 3.8) is 0 Å². The molecule has 0 atom stereocenters. The van der Waals surface area contributed by atoms with Gasteiger partial charge in [0, 0.05) is 25.0 Å². The summed E-state index contributed by atoms with van der Waals surface area (Å²) in [4.78, 5) is 25.8. The molecule has 1 fully saturated rings. The minimum Gasteiger partial charge on any atom is -0.357 e. The lowest BCUT2D eigenvalue weighted by atomic mass is 10.2. The molecular weight excluding hydrogens is 303 g/mol. The Kier molecular flexibility index (Phi) is 3.85. The fraction of sp³-hybridized carbons (Fsp3) is 0.125. The van der Waals surface area contributed by atoms with Crippen LogP contribution in [0.4, 0.5) is 9.18 Å². The molecule has 0 saturated carbocycles. The van der Waals surface area contributed by atoms with E-state index in [4.69, 9.17) is 0 Å². The van der Waals surface area contributed by atoms with Crippen LogP contribution in [0.2, 0.25) is 0 Å². The number of thioether (sulfide) groups is 1. The van der Waals surface area contributed by atoms with Crippen LogP contribution in [0.5, 0.6) is 0 Å². The first-order valence-electron chi connectivity index (χ1n) is 6.65. The van der Waals surface area contributed by atoms with Gasteiger partial charge in [-0.1, -0.05) is 18.2 Å². The monoisotopic (exact) mass is 316 g/mol. The predicted molar refractivity (Wildman–Crippen MR) is 83.3 cm³/mol. The number of halogens is 1. The van der Waals surface area contributed by atoms with Crippen molar-refractivity contribution >= 4 is 29.0 Å². The number of imide groups is 1. The Morgan fingerprint density at radius 3 is 2.68 bits per heavy atom. The van der Waals surface area contributed by atoms with E-state index >= 15 is 0 Å². The highest BCUT2D eigenvalue weighted by atomic mass is 32.2. The predicted octanol–water partition coefficient (Wildman–Crippen LogP) is 3.40. The zero-order valence-electron chi connectivity index (χ0n) is 11.8. The van der Waals surface area contributed by atoms with E-state index in [1.807, 2.05) is 30.1 Å². The molecule has 0 radical (unpaired) electrons. The molecule has 1 saturated heterocycles. The van der Waals surface area contributed by atoms with Crippen LogP contribution in [0, 0.1) is 5.82 Å². The average Bonchev–Trinajstić information content (AvgIpc) is 3.00. The van der Waals surface area contributed by atoms with Crippen LogP contribution in [0.1, 0.15) is 11.1 Å². The molecule has 1 aromatic carbocycles. The van der Waals surface area contributed by atoms with E-state index in [9.17, 15) is 14.0 Å². The number of amides is 2. The van der Waals surface area contributed by atoms with Crippen molar-refractivity contribution in [1.82, 2.24) is 9.47 Å². The summed E-state index contributed by atoms with van der Waals surface area (Å²) in [6.07, 6.45) is 5.38. The molecule has 1 aliphatic rings. The lowest BCUT2D eigenvalue weighted by Crippen LogP contribution is -2.27. The topological polar surface area (TPSA) is 42.3 Å². The van der Waals surface area contributed by atoms with Crippen molar-refractivity contribution in [2.45, 2.75) is 6.54 Å². The average molecular weight is 316 g/mol. The van der Waals surface area contributed by atoms with Gasteiger partial charge in [-0.25, -0.2) is 4.39 Å². The molecule has 2 aromatic rings. The fourth-order valence-corrected chi connectivity index (χ4v) is 3.03. The molecule has 6 heteroatoms. The van der Waals surface area contributed by atoms with Crippen molar-refractivity contribution in [2.75, 3.05) is 0 Å². The number of carbonyl (C=O) groups is 2. The highest BCUT2D eigenvalue weighted by Gasteiger charge is 2.35. The summed E-state index contributed by atoms with van der Waals surface area (Å²) >= 11 is 0.878. The molecule has 0 spiro atoms. The maximum atomic E-state index is 13.7. The summed E-state index contributed by atoms with van der Waals surface area (Å²) in [5.41, 5.74) is 1.17. The molecule has 3 rings (SSSR count). The number of rotatable bonds is 3. The van der Waals surface area contributed by atoms with Gasteiger partial charge >= 0.3 is 0 Å². The SMILES string of the molecule is Cn1ccc(/C=C2/SC(=O)N(Cc3ccccc3F)C2=O)c1. The van der Waals surface area contributed by atoms with Crippen LogP contribution in [0.15, 0.2) is 47.6 Å². The van der Waals surface area contributed by atoms with E-state index in [1.54, 1.807) is 24.3 Å². The largest absolute Gasteiger partial charge is 0.357 e. The zero-order valence-corrected chi connectivity index (χ0v) is 12.6. The third-order valence-corrected chi connectivity index (χ3v) is 4.22. The van der Waals surface area contributed by atoms with Crippen molar-refractivity contribution < 1.29 is 14.0 Å². The van der Waals surface area contributed by atoms with Gasteiger partial charge in [0.05, 0.1) is 11.4 Å². The minimum absolute atomic E-state index is 0.0521. The molecule has 0 aliphatic carbocycles. The van der Waals surface area contributed by atoms with Crippen LogP contribution >= 0.6 is 11.8 Å². The zero-order chi connectivity index (χ0) is 15.7. The normalized spacial score (nSPS) is 16.8. The molecule has 1 aliphatic heterocycles. The quantitative estimate of drug-likeness (QED) is 0.815. The molecular formula is C16H13FN2O2S. The van der Waals surface area contributed by atoms with Gasteiger partial charge in [0.1, 0.15) is 5.82 Å². The van der Waals surface area contributed by atoms with Crippen LogP contribution < -0.4 is 0 Å². The molecule has 0 bridgehead atoms. The fourth-order valence-electron chi connectivity index (χ4n) is 2.19. The number of carbonyl (C=O) groups excluding carboxylic acids is 2. The standard InChI is InChI=1S/C16H13FN2O2S/c1-18-7-6-11(9-18)8-14-15(20)19(16(21)22-14)10-12-4-2-3-5-13(12)17/h2-9H,10H2,1H3/b14-8+. The number of hydrogen-bond acceptors (Lipinski definition) is 3. The lowest BCUT2D eigenvalue weighted by Gasteiger charge is -2.12. The summed E-state index contributed by atoms with van der Waals surface area (Å²) < 4.78 is 15.5. The Morgan fingerprint density at radius 1 is 1.23 bits per heavy atom. The second-order valence-corrected chi connectivity index (χ2v) is 5.96. The Balaban J connectivity index is 1.83. The summed E-state index contributed by atoms with van der Waals surface area (Å²) in [6.45, 7) is -0.0521. The van der Waals surface area contributed by atoms with Gasteiger partial charge in [0.15, 0.2) is 0 Å². The van der Waals surface area contributed by atoms with Gasteiger partial charge < -0.3 is 4.57 Å². The van der Waals surface area contributed by atoms with Crippen LogP contribution in [-0.4, -0.2) is 20.6 Å². The Morgan fingerprint density at radius 2 is 2.00 bits per heavy atom. The second kappa shape index (κ2) is 5.81. The second-order valence-electron chi connectivity index (χ2n) is 4.97. The highest BCUT2D eigenvalue weighted by Crippen LogP contribution is 2.33. The highest BCUT2D eigenvalue weighted by molar-refractivity contribution is 8.18. The molecule has 0 N–H and O–H groups in total. The van der Waals surface area contributed by atoms with Crippen LogP contribution in [0.3, 0.4) is 0 Å². The van der Waals surface area contributed by atoms with Gasteiger partial charge in [-0.3, -0.25) is 14.5 Å². The van der Waals surface area contributed by atoms with Gasteiger partial charge in [0.25, 0.3) is 11.1 Å². The number of benzene rings is 1. The summed E-state index contributed by atoms with van der Waals surface area (Å²) in [7, 11) is 1.88. The van der Waals surface area contributed by atoms with Gasteiger partial charge in [-0.05, 0) is 35.5 Å². The number of hydrogen-bond donors (Lipinski definition) is 0. The van der Waals surface area contributed by atoms with E-state index in [-0.39, 0.29) is 17.7 Å². The molecule has 4 nitrogen and oxygen atoms in total. The molecule has 2 amide bonds. The number of nitrogens with zero attached hydrogens (tertiary/aromatic N) is 2. The summed E-state index contributed by atoms with van der Waals surface area (Å²) in [5, 5.41) is -0.379. The minimum atomic E-state index is -0.423. The number of aryl methyl sites for hydroxylation is 1. The van der Waals surface area contributed by atoms with Gasteiger partial charge in [0.2, 0.25) is 0 Å². The summed E-state index contributed by atoms with van der Waals surface area (Å²) in [6, 6.07) is 7.98. The molecule has 22 heavy (non-hydrogen) atoms. The molecule has 2 heterocycles. The van der Waals surface area contributed by atoms with Crippen LogP contribution in [-0.2, 0) is 18.4 Å². The Bertz CT molecular complexity index is 782. The maximum Gasteiger partial charge on any atom is 0.293 e. The Labute approximate surface area is 131 Å². The van der Waals surface area contributed by atoms with E-state index in [0.717, 1.165) is 22.2 Å². The lowest BCUT2D eigenvalue weighted by molar-refractivity contribution is -0.123. The van der Waals surface area contributed by atoms with Crippen molar-refractivity contribution in [2.24, 2.45) is 7.05 Å². The van der Waals surface area contributed by atoms with E-state index in [2.05, 4.69) is 0 Å². The first kappa shape index (κ1) is 14.6. The third kappa shape index (κ3) is 2.82. The summed E-state index contributed by atoms with van der Waals surface area (Å²) in [5.74, 6) is -0.810. The van der Waals surface area contributed by atoms with E-state index < -0.39 is 5.82 Å². The van der Waals surface area contributed by atoms with Crippen molar-refractivity contribution in [3.8, 4) is 0 Å². The molecule has 0 unspecified atom stereocenters. The smallest absolute Gasteiger partial charge is 0.293 e. The Hall–Kier alpha value is -2.34. The van der Waals surface area contributed by atoms with Crippen LogP contribution in [0.25, 0.3) is 6.08 Å². The van der Waals surface area contributed by atoms with Crippen molar-refractivity contribution in [1.29, 1.82) is 0 Å². The third-order valence-electron chi connectivity index (χ3n) is 3.31.